The first-order valence-electron chi connectivity index (χ1n) is 4.15. The van der Waals surface area contributed by atoms with E-state index in [0.29, 0.717) is 5.56 Å². The van der Waals surface area contributed by atoms with Crippen LogP contribution in [0.1, 0.15) is 10.6 Å². The largest absolute Gasteiger partial charge is 0.508 e. The Hall–Kier alpha value is -2.30. The fraction of sp³-hybridized carbons (Fsp3) is 0. The number of oxazole rings is 1. The van der Waals surface area contributed by atoms with Gasteiger partial charge in [-0.2, -0.15) is 0 Å². The highest BCUT2D eigenvalue weighted by atomic mass is 16.4. The molecule has 0 atom stereocenters. The Morgan fingerprint density at radius 1 is 1.40 bits per heavy atom. The zero-order valence-electron chi connectivity index (χ0n) is 7.54. The highest BCUT2D eigenvalue weighted by molar-refractivity contribution is 5.84. The third-order valence-electron chi connectivity index (χ3n) is 1.81. The van der Waals surface area contributed by atoms with E-state index >= 15 is 0 Å². The molecule has 0 saturated carbocycles. The first-order valence-corrected chi connectivity index (χ1v) is 4.15. The summed E-state index contributed by atoms with van der Waals surface area (Å²) in [6.07, 6.45) is 1.13. The summed E-state index contributed by atoms with van der Waals surface area (Å²) in [5.41, 5.74) is 0.530. The molecule has 0 aliphatic carbocycles. The van der Waals surface area contributed by atoms with Crippen LogP contribution < -0.4 is 0 Å². The monoisotopic (exact) mass is 205 g/mol. The molecule has 0 aliphatic rings. The number of benzene rings is 1. The molecule has 2 aromatic rings. The predicted octanol–water partition coefficient (Wildman–Crippen LogP) is 1.75. The van der Waals surface area contributed by atoms with Crippen LogP contribution in [0.4, 0.5) is 0 Å². The van der Waals surface area contributed by atoms with Gasteiger partial charge in [0.1, 0.15) is 5.75 Å². The highest BCUT2D eigenvalue weighted by Gasteiger charge is 2.11. The summed E-state index contributed by atoms with van der Waals surface area (Å²) < 4.78 is 4.96. The number of carboxylic acids is 1. The van der Waals surface area contributed by atoms with Gasteiger partial charge < -0.3 is 14.6 Å². The molecule has 0 aliphatic heterocycles. The van der Waals surface area contributed by atoms with Gasteiger partial charge in [-0.15, -0.1) is 0 Å². The Morgan fingerprint density at radius 3 is 2.80 bits per heavy atom. The van der Waals surface area contributed by atoms with E-state index in [1.165, 1.54) is 12.1 Å². The van der Waals surface area contributed by atoms with E-state index in [0.717, 1.165) is 6.20 Å². The average Bonchev–Trinajstić information content (AvgIpc) is 2.66. The van der Waals surface area contributed by atoms with E-state index in [9.17, 15) is 9.90 Å². The van der Waals surface area contributed by atoms with Crippen molar-refractivity contribution in [1.82, 2.24) is 4.98 Å². The molecular weight excluding hydrogens is 198 g/mol. The zero-order valence-corrected chi connectivity index (χ0v) is 7.54. The molecule has 2 rings (SSSR count). The van der Waals surface area contributed by atoms with Crippen LogP contribution in [-0.4, -0.2) is 21.2 Å². The maximum absolute atomic E-state index is 10.5. The Bertz CT molecular complexity index is 504. The number of carboxylic acid groups (broad SMARTS) is 1. The quantitative estimate of drug-likeness (QED) is 0.780. The SMILES string of the molecule is O=C(O)c1cnc(-c2cccc(O)c2)o1. The van der Waals surface area contributed by atoms with Gasteiger partial charge in [0.2, 0.25) is 11.7 Å². The molecule has 0 radical (unpaired) electrons. The number of hydrogen-bond donors (Lipinski definition) is 2. The molecule has 76 valence electrons. The van der Waals surface area contributed by atoms with Crippen molar-refractivity contribution < 1.29 is 19.4 Å². The van der Waals surface area contributed by atoms with Gasteiger partial charge in [0.15, 0.2) is 0 Å². The highest BCUT2D eigenvalue weighted by Crippen LogP contribution is 2.22. The molecule has 5 nitrogen and oxygen atoms in total. The third kappa shape index (κ3) is 1.80. The molecule has 0 saturated heterocycles. The van der Waals surface area contributed by atoms with Gasteiger partial charge in [-0.3, -0.25) is 0 Å². The van der Waals surface area contributed by atoms with Crippen LogP contribution in [0, 0.1) is 0 Å². The first-order chi connectivity index (χ1) is 7.16. The van der Waals surface area contributed by atoms with Gasteiger partial charge in [0, 0.05) is 5.56 Å². The van der Waals surface area contributed by atoms with Crippen molar-refractivity contribution in [3.8, 4) is 17.2 Å². The second-order valence-corrected chi connectivity index (χ2v) is 2.89. The number of nitrogens with zero attached hydrogens (tertiary/aromatic N) is 1. The minimum absolute atomic E-state index is 0.0718. The zero-order chi connectivity index (χ0) is 10.8. The predicted molar refractivity (Wildman–Crippen MR) is 50.6 cm³/mol. The lowest BCUT2D eigenvalue weighted by Crippen LogP contribution is -1.91. The van der Waals surface area contributed by atoms with Crippen LogP contribution in [0.2, 0.25) is 0 Å². The Balaban J connectivity index is 2.41. The third-order valence-corrected chi connectivity index (χ3v) is 1.81. The molecule has 1 heterocycles. The molecule has 0 unspecified atom stereocenters. The van der Waals surface area contributed by atoms with Crippen LogP contribution in [0.15, 0.2) is 34.9 Å². The summed E-state index contributed by atoms with van der Waals surface area (Å²) in [6, 6.07) is 6.23. The number of carbonyl (C=O) groups is 1. The molecule has 1 aromatic carbocycles. The van der Waals surface area contributed by atoms with Crippen molar-refractivity contribution in [1.29, 1.82) is 0 Å². The van der Waals surface area contributed by atoms with Crippen molar-refractivity contribution in [2.75, 3.05) is 0 Å². The first kappa shape index (κ1) is 9.26. The maximum Gasteiger partial charge on any atom is 0.373 e. The number of phenols is 1. The minimum Gasteiger partial charge on any atom is -0.508 e. The van der Waals surface area contributed by atoms with Gasteiger partial charge >= 0.3 is 5.97 Å². The molecular formula is C10H7NO4. The average molecular weight is 205 g/mol. The van der Waals surface area contributed by atoms with E-state index in [4.69, 9.17) is 9.52 Å². The van der Waals surface area contributed by atoms with Gasteiger partial charge in [0.05, 0.1) is 6.20 Å². The summed E-state index contributed by atoms with van der Waals surface area (Å²) in [6.45, 7) is 0. The van der Waals surface area contributed by atoms with E-state index in [1.54, 1.807) is 12.1 Å². The molecule has 0 bridgehead atoms. The lowest BCUT2D eigenvalue weighted by molar-refractivity contribution is 0.0663. The van der Waals surface area contributed by atoms with Crippen molar-refractivity contribution in [2.45, 2.75) is 0 Å². The van der Waals surface area contributed by atoms with Crippen molar-refractivity contribution in [2.24, 2.45) is 0 Å². The summed E-state index contributed by atoms with van der Waals surface area (Å²) >= 11 is 0. The number of hydrogen-bond acceptors (Lipinski definition) is 4. The van der Waals surface area contributed by atoms with Gasteiger partial charge in [-0.1, -0.05) is 6.07 Å². The normalized spacial score (nSPS) is 10.1. The summed E-state index contributed by atoms with van der Waals surface area (Å²) in [7, 11) is 0. The maximum atomic E-state index is 10.5. The summed E-state index contributed by atoms with van der Waals surface area (Å²) in [4.78, 5) is 14.3. The number of aromatic hydroxyl groups is 1. The van der Waals surface area contributed by atoms with Crippen LogP contribution in [0.3, 0.4) is 0 Å². The molecule has 1 aromatic heterocycles. The van der Waals surface area contributed by atoms with Crippen LogP contribution in [-0.2, 0) is 0 Å². The molecule has 2 N–H and O–H groups in total. The number of phenolic OH excluding ortho intramolecular Hbond substituents is 1. The van der Waals surface area contributed by atoms with Crippen LogP contribution in [0.25, 0.3) is 11.5 Å². The Morgan fingerprint density at radius 2 is 2.20 bits per heavy atom. The smallest absolute Gasteiger partial charge is 0.373 e. The van der Waals surface area contributed by atoms with E-state index < -0.39 is 5.97 Å². The molecule has 5 heteroatoms. The fourth-order valence-electron chi connectivity index (χ4n) is 1.15. The molecule has 15 heavy (non-hydrogen) atoms. The number of rotatable bonds is 2. The van der Waals surface area contributed by atoms with E-state index in [2.05, 4.69) is 4.98 Å². The molecule has 0 fully saturated rings. The summed E-state index contributed by atoms with van der Waals surface area (Å²) in [5, 5.41) is 17.8. The lowest BCUT2D eigenvalue weighted by Gasteiger charge is -1.95. The topological polar surface area (TPSA) is 83.6 Å². The van der Waals surface area contributed by atoms with Gasteiger partial charge in [-0.25, -0.2) is 9.78 Å². The van der Waals surface area contributed by atoms with Crippen LogP contribution in [0.5, 0.6) is 5.75 Å². The second-order valence-electron chi connectivity index (χ2n) is 2.89. The lowest BCUT2D eigenvalue weighted by atomic mass is 10.2. The van der Waals surface area contributed by atoms with E-state index in [-0.39, 0.29) is 17.4 Å². The number of aromatic nitrogens is 1. The minimum atomic E-state index is -1.17. The summed E-state index contributed by atoms with van der Waals surface area (Å²) in [5.74, 6) is -1.16. The fourth-order valence-corrected chi connectivity index (χ4v) is 1.15. The van der Waals surface area contributed by atoms with Crippen LogP contribution >= 0.6 is 0 Å². The van der Waals surface area contributed by atoms with Gasteiger partial charge in [0.25, 0.3) is 0 Å². The van der Waals surface area contributed by atoms with E-state index in [1.807, 2.05) is 0 Å². The van der Waals surface area contributed by atoms with Crippen molar-refractivity contribution >= 4 is 5.97 Å². The van der Waals surface area contributed by atoms with Crippen molar-refractivity contribution in [3.05, 3.63) is 36.2 Å². The molecule has 0 spiro atoms. The Kier molecular flexibility index (Phi) is 2.13. The standard InChI is InChI=1S/C10H7NO4/c12-7-3-1-2-6(4-7)9-11-5-8(15-9)10(13)14/h1-5,12H,(H,13,14). The Labute approximate surface area is 84.6 Å². The second kappa shape index (κ2) is 3.45. The number of aromatic carboxylic acids is 1. The molecule has 0 amide bonds. The van der Waals surface area contributed by atoms with Crippen molar-refractivity contribution in [3.63, 3.8) is 0 Å². The van der Waals surface area contributed by atoms with Gasteiger partial charge in [-0.05, 0) is 18.2 Å².